The largest absolute Gasteiger partial charge is 0.393 e. The highest BCUT2D eigenvalue weighted by Gasteiger charge is 2.36. The van der Waals surface area contributed by atoms with Gasteiger partial charge in [-0.05, 0) is 68.3 Å². The van der Waals surface area contributed by atoms with Crippen LogP contribution in [-0.2, 0) is 4.79 Å². The summed E-state index contributed by atoms with van der Waals surface area (Å²) in [5, 5.41) is 12.9. The van der Waals surface area contributed by atoms with Gasteiger partial charge in [-0.15, -0.1) is 0 Å². The highest BCUT2D eigenvalue weighted by Crippen LogP contribution is 2.37. The van der Waals surface area contributed by atoms with Gasteiger partial charge in [0, 0.05) is 6.20 Å². The Balaban J connectivity index is 1.31. The summed E-state index contributed by atoms with van der Waals surface area (Å²) in [6, 6.07) is 16.4. The van der Waals surface area contributed by atoms with Crippen LogP contribution in [0.5, 0.6) is 0 Å². The molecule has 148 valence electrons. The van der Waals surface area contributed by atoms with Gasteiger partial charge in [0.25, 0.3) is 0 Å². The van der Waals surface area contributed by atoms with Crippen molar-refractivity contribution in [3.63, 3.8) is 0 Å². The fourth-order valence-corrected chi connectivity index (χ4v) is 4.47. The number of piperidine rings is 1. The molecule has 2 heterocycles. The van der Waals surface area contributed by atoms with E-state index in [1.165, 1.54) is 5.56 Å². The van der Waals surface area contributed by atoms with Gasteiger partial charge in [-0.3, -0.25) is 14.7 Å². The van der Waals surface area contributed by atoms with Gasteiger partial charge in [-0.1, -0.05) is 36.4 Å². The lowest BCUT2D eigenvalue weighted by Crippen LogP contribution is -2.46. The molecule has 2 fully saturated rings. The molecule has 0 spiro atoms. The molecule has 1 aliphatic carbocycles. The van der Waals surface area contributed by atoms with Crippen molar-refractivity contribution in [2.24, 2.45) is 5.92 Å². The van der Waals surface area contributed by atoms with Gasteiger partial charge >= 0.3 is 0 Å². The Kier molecular flexibility index (Phi) is 6.03. The molecule has 2 N–H and O–H groups in total. The van der Waals surface area contributed by atoms with Crippen molar-refractivity contribution in [1.82, 2.24) is 15.2 Å². The van der Waals surface area contributed by atoms with Crippen molar-refractivity contribution in [3.8, 4) is 0 Å². The molecule has 1 atom stereocenters. The van der Waals surface area contributed by atoms with Gasteiger partial charge in [0.15, 0.2) is 0 Å². The molecule has 1 amide bonds. The predicted molar refractivity (Wildman–Crippen MR) is 109 cm³/mol. The molecule has 5 heteroatoms. The van der Waals surface area contributed by atoms with Crippen LogP contribution in [0, 0.1) is 5.92 Å². The number of likely N-dealkylation sites (tertiary alicyclic amines) is 1. The lowest BCUT2D eigenvalue weighted by molar-refractivity contribution is -0.124. The maximum atomic E-state index is 12.7. The predicted octanol–water partition coefficient (Wildman–Crippen LogP) is 2.89. The lowest BCUT2D eigenvalue weighted by atomic mass is 9.76. The van der Waals surface area contributed by atoms with E-state index in [4.69, 9.17) is 0 Å². The number of nitrogens with zero attached hydrogens (tertiary/aromatic N) is 2. The van der Waals surface area contributed by atoms with E-state index in [0.29, 0.717) is 12.5 Å². The fraction of sp³-hybridized carbons (Fsp3) is 0.478. The SMILES string of the molecule is O=C(CN1CCC(c2ccccc2)CC1)N[C@@H](c1ccccn1)C1CC(O)C1. The second-order valence-electron chi connectivity index (χ2n) is 8.15. The normalized spacial score (nSPS) is 24.3. The minimum atomic E-state index is -0.245. The summed E-state index contributed by atoms with van der Waals surface area (Å²) in [6.07, 6.45) is 5.16. The first-order valence-corrected chi connectivity index (χ1v) is 10.3. The van der Waals surface area contributed by atoms with Gasteiger partial charge in [0.05, 0.1) is 24.4 Å². The maximum absolute atomic E-state index is 12.7. The number of amides is 1. The molecule has 2 aliphatic rings. The van der Waals surface area contributed by atoms with Gasteiger partial charge in [0.2, 0.25) is 5.91 Å². The summed E-state index contributed by atoms with van der Waals surface area (Å²) in [5.41, 5.74) is 2.29. The third-order valence-electron chi connectivity index (χ3n) is 6.17. The van der Waals surface area contributed by atoms with Crippen LogP contribution in [0.15, 0.2) is 54.7 Å². The molecule has 1 aromatic carbocycles. The highest BCUT2D eigenvalue weighted by atomic mass is 16.3. The van der Waals surface area contributed by atoms with Gasteiger partial charge in [0.1, 0.15) is 0 Å². The zero-order valence-electron chi connectivity index (χ0n) is 16.2. The molecule has 0 radical (unpaired) electrons. The molecule has 1 aliphatic heterocycles. The quantitative estimate of drug-likeness (QED) is 0.810. The number of nitrogens with one attached hydrogen (secondary N) is 1. The van der Waals surface area contributed by atoms with E-state index in [1.54, 1.807) is 6.20 Å². The Bertz CT molecular complexity index is 754. The Labute approximate surface area is 166 Å². The van der Waals surface area contributed by atoms with E-state index in [0.717, 1.165) is 44.5 Å². The summed E-state index contributed by atoms with van der Waals surface area (Å²) in [6.45, 7) is 2.33. The van der Waals surface area contributed by atoms with Crippen LogP contribution in [0.3, 0.4) is 0 Å². The van der Waals surface area contributed by atoms with Crippen LogP contribution in [0.1, 0.15) is 48.9 Å². The van der Waals surface area contributed by atoms with Crippen LogP contribution >= 0.6 is 0 Å². The molecule has 1 saturated carbocycles. The lowest BCUT2D eigenvalue weighted by Gasteiger charge is -2.38. The topological polar surface area (TPSA) is 65.5 Å². The van der Waals surface area contributed by atoms with Gasteiger partial charge < -0.3 is 10.4 Å². The average Bonchev–Trinajstić information content (AvgIpc) is 2.72. The minimum absolute atomic E-state index is 0.0511. The van der Waals surface area contributed by atoms with Crippen LogP contribution in [0.4, 0.5) is 0 Å². The van der Waals surface area contributed by atoms with Gasteiger partial charge in [-0.25, -0.2) is 0 Å². The molecular weight excluding hydrogens is 350 g/mol. The molecule has 28 heavy (non-hydrogen) atoms. The third-order valence-corrected chi connectivity index (χ3v) is 6.17. The number of carbonyl (C=O) groups is 1. The van der Waals surface area contributed by atoms with E-state index in [2.05, 4.69) is 45.5 Å². The monoisotopic (exact) mass is 379 g/mol. The fourth-order valence-electron chi connectivity index (χ4n) is 4.47. The molecule has 2 aromatic rings. The van der Waals surface area contributed by atoms with Crippen LogP contribution in [0.25, 0.3) is 0 Å². The standard InChI is InChI=1S/C23H29N3O2/c27-20-14-19(15-20)23(21-8-4-5-11-24-21)25-22(28)16-26-12-9-18(10-13-26)17-6-2-1-3-7-17/h1-8,11,18-20,23,27H,9-10,12-16H2,(H,25,28)/t19?,20?,23-/m1/s1. The summed E-state index contributed by atoms with van der Waals surface area (Å²) in [4.78, 5) is 19.4. The second kappa shape index (κ2) is 8.84. The molecule has 0 bridgehead atoms. The first kappa shape index (κ1) is 19.1. The number of aliphatic hydroxyl groups is 1. The van der Waals surface area contributed by atoms with Crippen molar-refractivity contribution < 1.29 is 9.90 Å². The molecule has 1 aromatic heterocycles. The second-order valence-corrected chi connectivity index (χ2v) is 8.15. The van der Waals surface area contributed by atoms with Crippen molar-refractivity contribution in [1.29, 1.82) is 0 Å². The van der Waals surface area contributed by atoms with Crippen molar-refractivity contribution >= 4 is 5.91 Å². The molecule has 1 saturated heterocycles. The number of carbonyl (C=O) groups excluding carboxylic acids is 1. The van der Waals surface area contributed by atoms with Crippen molar-refractivity contribution in [2.45, 2.75) is 43.7 Å². The van der Waals surface area contributed by atoms with Gasteiger partial charge in [-0.2, -0.15) is 0 Å². The van der Waals surface area contributed by atoms with Crippen molar-refractivity contribution in [2.75, 3.05) is 19.6 Å². The van der Waals surface area contributed by atoms with E-state index in [1.807, 2.05) is 18.2 Å². The van der Waals surface area contributed by atoms with E-state index in [-0.39, 0.29) is 24.0 Å². The Morgan fingerprint density at radius 2 is 1.82 bits per heavy atom. The van der Waals surface area contributed by atoms with Crippen molar-refractivity contribution in [3.05, 3.63) is 66.0 Å². The number of hydrogen-bond donors (Lipinski definition) is 2. The van der Waals surface area contributed by atoms with E-state index in [9.17, 15) is 9.90 Å². The van der Waals surface area contributed by atoms with Crippen LogP contribution in [0.2, 0.25) is 0 Å². The van der Waals surface area contributed by atoms with Crippen LogP contribution < -0.4 is 5.32 Å². The number of aliphatic hydroxyl groups excluding tert-OH is 1. The number of pyridine rings is 1. The zero-order chi connectivity index (χ0) is 19.3. The maximum Gasteiger partial charge on any atom is 0.234 e. The number of hydrogen-bond acceptors (Lipinski definition) is 4. The third kappa shape index (κ3) is 4.59. The number of aromatic nitrogens is 1. The summed E-state index contributed by atoms with van der Waals surface area (Å²) in [5.74, 6) is 0.908. The first-order chi connectivity index (χ1) is 13.7. The van der Waals surface area contributed by atoms with E-state index >= 15 is 0 Å². The molecule has 0 unspecified atom stereocenters. The van der Waals surface area contributed by atoms with E-state index < -0.39 is 0 Å². The highest BCUT2D eigenvalue weighted by molar-refractivity contribution is 5.78. The first-order valence-electron chi connectivity index (χ1n) is 10.3. The number of benzene rings is 1. The number of rotatable bonds is 6. The minimum Gasteiger partial charge on any atom is -0.393 e. The Morgan fingerprint density at radius 1 is 1.11 bits per heavy atom. The molecule has 4 rings (SSSR count). The summed E-state index contributed by atoms with van der Waals surface area (Å²) >= 11 is 0. The summed E-state index contributed by atoms with van der Waals surface area (Å²) in [7, 11) is 0. The zero-order valence-corrected chi connectivity index (χ0v) is 16.2. The smallest absolute Gasteiger partial charge is 0.234 e. The molecule has 5 nitrogen and oxygen atoms in total. The summed E-state index contributed by atoms with van der Waals surface area (Å²) < 4.78 is 0. The Morgan fingerprint density at radius 3 is 2.46 bits per heavy atom. The Hall–Kier alpha value is -2.24. The average molecular weight is 380 g/mol. The molecular formula is C23H29N3O2. The van der Waals surface area contributed by atoms with Crippen LogP contribution in [-0.4, -0.2) is 46.6 Å².